The molecule has 0 aromatic carbocycles. The first-order valence-corrected chi connectivity index (χ1v) is 7.53. The van der Waals surface area contributed by atoms with E-state index in [1.807, 2.05) is 0 Å². The van der Waals surface area contributed by atoms with Gasteiger partial charge in [-0.2, -0.15) is 0 Å². The number of hydrogen-bond acceptors (Lipinski definition) is 2. The molecule has 0 aromatic heterocycles. The fourth-order valence-corrected chi connectivity index (χ4v) is 2.32. The molecule has 0 saturated carbocycles. The summed E-state index contributed by atoms with van der Waals surface area (Å²) in [6.45, 7) is 7.96. The second-order valence-electron chi connectivity index (χ2n) is 5.13. The Morgan fingerprint density at radius 1 is 0.765 bits per heavy atom. The van der Waals surface area contributed by atoms with Crippen molar-refractivity contribution in [2.45, 2.75) is 65.2 Å². The monoisotopic (exact) mass is 238 g/mol. The lowest BCUT2D eigenvalue weighted by molar-refractivity contribution is 0.268. The summed E-state index contributed by atoms with van der Waals surface area (Å²) in [5, 5.41) is 0. The van der Waals surface area contributed by atoms with Gasteiger partial charge in [0.05, 0.1) is 6.67 Å². The van der Waals surface area contributed by atoms with Crippen LogP contribution >= 0.6 is 0 Å². The van der Waals surface area contributed by atoms with Crippen molar-refractivity contribution in [1.82, 2.24) is 9.80 Å². The molecule has 0 fully saturated rings. The van der Waals surface area contributed by atoms with Crippen LogP contribution in [0, 0.1) is 0 Å². The zero-order valence-electron chi connectivity index (χ0n) is 11.8. The van der Waals surface area contributed by atoms with Crippen LogP contribution in [0.1, 0.15) is 65.2 Å². The van der Waals surface area contributed by atoms with Gasteiger partial charge in [-0.05, 0) is 13.3 Å². The third kappa shape index (κ3) is 6.60. The van der Waals surface area contributed by atoms with E-state index in [4.69, 9.17) is 0 Å². The average molecular weight is 238 g/mol. The summed E-state index contributed by atoms with van der Waals surface area (Å²) in [6.07, 6.45) is 15.8. The predicted octanol–water partition coefficient (Wildman–Crippen LogP) is 4.19. The summed E-state index contributed by atoms with van der Waals surface area (Å²) in [4.78, 5) is 4.78. The molecular formula is C15H30N2. The molecule has 100 valence electrons. The van der Waals surface area contributed by atoms with Gasteiger partial charge in [0, 0.05) is 25.5 Å². The van der Waals surface area contributed by atoms with E-state index in [0.29, 0.717) is 0 Å². The highest BCUT2D eigenvalue weighted by molar-refractivity contribution is 4.89. The Balaban J connectivity index is 1.83. The van der Waals surface area contributed by atoms with Gasteiger partial charge in [-0.1, -0.05) is 51.9 Å². The van der Waals surface area contributed by atoms with Gasteiger partial charge in [-0.25, -0.2) is 0 Å². The highest BCUT2D eigenvalue weighted by Crippen LogP contribution is 2.11. The minimum Gasteiger partial charge on any atom is -0.359 e. The highest BCUT2D eigenvalue weighted by atomic mass is 15.3. The largest absolute Gasteiger partial charge is 0.359 e. The normalized spacial score (nSPS) is 14.9. The molecule has 2 heteroatoms. The lowest BCUT2D eigenvalue weighted by Crippen LogP contribution is -2.25. The molecule has 0 amide bonds. The molecule has 0 spiro atoms. The second-order valence-corrected chi connectivity index (χ2v) is 5.13. The molecule has 0 atom stereocenters. The molecule has 0 radical (unpaired) electrons. The van der Waals surface area contributed by atoms with E-state index in [1.54, 1.807) is 0 Å². The lowest BCUT2D eigenvalue weighted by Gasteiger charge is -2.19. The van der Waals surface area contributed by atoms with Gasteiger partial charge in [-0.15, -0.1) is 0 Å². The van der Waals surface area contributed by atoms with Crippen molar-refractivity contribution in [3.8, 4) is 0 Å². The zero-order chi connectivity index (χ0) is 12.3. The Bertz CT molecular complexity index is 201. The topological polar surface area (TPSA) is 6.48 Å². The van der Waals surface area contributed by atoms with Crippen LogP contribution in [0.2, 0.25) is 0 Å². The SMILES string of the molecule is CCCCCCCCCCN1C=CN(CC)C1. The second kappa shape index (κ2) is 9.38. The fraction of sp³-hybridized carbons (Fsp3) is 0.867. The molecule has 0 saturated heterocycles. The Kier molecular flexibility index (Phi) is 7.94. The van der Waals surface area contributed by atoms with E-state index in [2.05, 4.69) is 36.0 Å². The third-order valence-corrected chi connectivity index (χ3v) is 3.56. The van der Waals surface area contributed by atoms with Gasteiger partial charge in [0.1, 0.15) is 0 Å². The summed E-state index contributed by atoms with van der Waals surface area (Å²) in [5.74, 6) is 0. The summed E-state index contributed by atoms with van der Waals surface area (Å²) in [7, 11) is 0. The molecule has 2 nitrogen and oxygen atoms in total. The van der Waals surface area contributed by atoms with E-state index in [9.17, 15) is 0 Å². The van der Waals surface area contributed by atoms with Crippen molar-refractivity contribution in [3.63, 3.8) is 0 Å². The minimum absolute atomic E-state index is 1.10. The number of hydrogen-bond donors (Lipinski definition) is 0. The van der Waals surface area contributed by atoms with Gasteiger partial charge in [0.15, 0.2) is 0 Å². The average Bonchev–Trinajstić information content (AvgIpc) is 2.80. The number of nitrogens with zero attached hydrogens (tertiary/aromatic N) is 2. The summed E-state index contributed by atoms with van der Waals surface area (Å²) < 4.78 is 0. The van der Waals surface area contributed by atoms with Crippen LogP contribution in [0.25, 0.3) is 0 Å². The Morgan fingerprint density at radius 2 is 1.35 bits per heavy atom. The molecule has 0 unspecified atom stereocenters. The molecule has 1 heterocycles. The Morgan fingerprint density at radius 3 is 1.94 bits per heavy atom. The lowest BCUT2D eigenvalue weighted by atomic mass is 10.1. The van der Waals surface area contributed by atoms with Gasteiger partial charge in [0.2, 0.25) is 0 Å². The summed E-state index contributed by atoms with van der Waals surface area (Å²) >= 11 is 0. The van der Waals surface area contributed by atoms with Gasteiger partial charge >= 0.3 is 0 Å². The van der Waals surface area contributed by atoms with Crippen molar-refractivity contribution in [3.05, 3.63) is 12.4 Å². The molecule has 0 aromatic rings. The molecule has 0 aliphatic carbocycles. The maximum atomic E-state index is 2.43. The molecule has 17 heavy (non-hydrogen) atoms. The van der Waals surface area contributed by atoms with Crippen molar-refractivity contribution < 1.29 is 0 Å². The van der Waals surface area contributed by atoms with Crippen LogP contribution in [-0.2, 0) is 0 Å². The zero-order valence-corrected chi connectivity index (χ0v) is 11.8. The van der Waals surface area contributed by atoms with Crippen molar-refractivity contribution in [2.75, 3.05) is 19.8 Å². The Labute approximate surface area is 108 Å². The van der Waals surface area contributed by atoms with Crippen LogP contribution < -0.4 is 0 Å². The maximum Gasteiger partial charge on any atom is 0.0893 e. The molecule has 0 N–H and O–H groups in total. The van der Waals surface area contributed by atoms with E-state index >= 15 is 0 Å². The fourth-order valence-electron chi connectivity index (χ4n) is 2.32. The van der Waals surface area contributed by atoms with Crippen molar-refractivity contribution in [2.24, 2.45) is 0 Å². The van der Waals surface area contributed by atoms with E-state index in [-0.39, 0.29) is 0 Å². The maximum absolute atomic E-state index is 2.43. The standard InChI is InChI=1S/C15H30N2/c1-3-5-6-7-8-9-10-11-12-17-14-13-16(4-2)15-17/h13-14H,3-12,15H2,1-2H3. The highest BCUT2D eigenvalue weighted by Gasteiger charge is 2.08. The molecular weight excluding hydrogens is 208 g/mol. The van der Waals surface area contributed by atoms with Crippen LogP contribution in [0.15, 0.2) is 12.4 Å². The van der Waals surface area contributed by atoms with Gasteiger partial charge in [0.25, 0.3) is 0 Å². The third-order valence-electron chi connectivity index (χ3n) is 3.56. The van der Waals surface area contributed by atoms with Crippen LogP contribution in [-0.4, -0.2) is 29.6 Å². The van der Waals surface area contributed by atoms with E-state index in [1.165, 1.54) is 57.9 Å². The molecule has 1 aliphatic heterocycles. The summed E-state index contributed by atoms with van der Waals surface area (Å²) in [6, 6.07) is 0. The molecule has 0 bridgehead atoms. The van der Waals surface area contributed by atoms with Crippen molar-refractivity contribution >= 4 is 0 Å². The summed E-state index contributed by atoms with van der Waals surface area (Å²) in [5.41, 5.74) is 0. The van der Waals surface area contributed by atoms with E-state index in [0.717, 1.165) is 13.2 Å². The first kappa shape index (κ1) is 14.4. The van der Waals surface area contributed by atoms with Gasteiger partial charge in [-0.3, -0.25) is 0 Å². The quantitative estimate of drug-likeness (QED) is 0.526. The number of unbranched alkanes of at least 4 members (excludes halogenated alkanes) is 7. The van der Waals surface area contributed by atoms with Crippen LogP contribution in [0.4, 0.5) is 0 Å². The first-order valence-electron chi connectivity index (χ1n) is 7.53. The van der Waals surface area contributed by atoms with Crippen LogP contribution in [0.5, 0.6) is 0 Å². The predicted molar refractivity (Wildman–Crippen MR) is 75.7 cm³/mol. The Hall–Kier alpha value is -0.660. The van der Waals surface area contributed by atoms with Crippen molar-refractivity contribution in [1.29, 1.82) is 0 Å². The smallest absolute Gasteiger partial charge is 0.0893 e. The first-order chi connectivity index (χ1) is 8.36. The number of rotatable bonds is 10. The molecule has 1 rings (SSSR count). The van der Waals surface area contributed by atoms with Crippen LogP contribution in [0.3, 0.4) is 0 Å². The molecule has 1 aliphatic rings. The van der Waals surface area contributed by atoms with Gasteiger partial charge < -0.3 is 9.80 Å². The van der Waals surface area contributed by atoms with E-state index < -0.39 is 0 Å². The minimum atomic E-state index is 1.10.